The monoisotopic (exact) mass is 351 g/mol. The minimum absolute atomic E-state index is 0.108. The Kier molecular flexibility index (Phi) is 4.52. The largest absolute Gasteiger partial charge is 0.471 e. The van der Waals surface area contributed by atoms with Crippen LogP contribution >= 0.6 is 0 Å². The molecule has 0 saturated carbocycles. The molecule has 1 aromatic carbocycles. The van der Waals surface area contributed by atoms with Crippen molar-refractivity contribution in [3.63, 3.8) is 0 Å². The van der Waals surface area contributed by atoms with E-state index in [1.54, 1.807) is 4.90 Å². The Morgan fingerprint density at radius 2 is 1.96 bits per heavy atom. The van der Waals surface area contributed by atoms with Crippen LogP contribution < -0.4 is 10.1 Å². The highest BCUT2D eigenvalue weighted by atomic mass is 19.4. The van der Waals surface area contributed by atoms with Crippen LogP contribution in [0.25, 0.3) is 0 Å². The van der Waals surface area contributed by atoms with Crippen molar-refractivity contribution in [2.24, 2.45) is 0 Å². The summed E-state index contributed by atoms with van der Waals surface area (Å²) in [5.74, 6) is 0.108. The molecule has 1 saturated heterocycles. The first-order chi connectivity index (χ1) is 11.8. The number of nitrogens with zero attached hydrogens (tertiary/aromatic N) is 2. The molecule has 2 aromatic rings. The maximum Gasteiger partial charge on any atom is 0.417 e. The summed E-state index contributed by atoms with van der Waals surface area (Å²) in [7, 11) is 0. The summed E-state index contributed by atoms with van der Waals surface area (Å²) in [6.07, 6.45) is -3.98. The molecule has 1 aliphatic heterocycles. The zero-order chi connectivity index (χ0) is 18.0. The second-order valence-electron chi connectivity index (χ2n) is 5.77. The predicted octanol–water partition coefficient (Wildman–Crippen LogP) is 3.70. The fraction of sp³-hybridized carbons (Fsp3) is 0.294. The molecule has 0 spiro atoms. The highest BCUT2D eigenvalue weighted by Gasteiger charge is 2.34. The molecule has 132 valence electrons. The number of hydrogen-bond acceptors (Lipinski definition) is 3. The fourth-order valence-corrected chi connectivity index (χ4v) is 2.37. The van der Waals surface area contributed by atoms with Gasteiger partial charge in [-0.25, -0.2) is 9.78 Å². The number of alkyl halides is 3. The number of pyridine rings is 1. The lowest BCUT2D eigenvalue weighted by Gasteiger charge is -2.38. The minimum Gasteiger partial charge on any atom is -0.471 e. The molecule has 2 heterocycles. The van der Waals surface area contributed by atoms with Crippen molar-refractivity contribution in [2.45, 2.75) is 19.2 Å². The first-order valence-electron chi connectivity index (χ1n) is 7.64. The van der Waals surface area contributed by atoms with E-state index < -0.39 is 11.7 Å². The van der Waals surface area contributed by atoms with E-state index in [4.69, 9.17) is 4.74 Å². The van der Waals surface area contributed by atoms with Gasteiger partial charge in [-0.15, -0.1) is 0 Å². The molecule has 0 radical (unpaired) electrons. The SMILES string of the molecule is Cc1ccccc1NC(=O)N1CC(Oc2ccc(C(F)(F)F)cn2)C1. The Balaban J connectivity index is 1.49. The molecular formula is C17H16F3N3O2. The molecule has 1 N–H and O–H groups in total. The number of urea groups is 1. The van der Waals surface area contributed by atoms with Gasteiger partial charge in [0.05, 0.1) is 18.7 Å². The van der Waals surface area contributed by atoms with Gasteiger partial charge in [0, 0.05) is 18.0 Å². The van der Waals surface area contributed by atoms with Gasteiger partial charge in [0.1, 0.15) is 6.10 Å². The van der Waals surface area contributed by atoms with Crippen molar-refractivity contribution >= 4 is 11.7 Å². The number of carbonyl (C=O) groups is 1. The number of amides is 2. The van der Waals surface area contributed by atoms with Crippen LogP contribution in [0.1, 0.15) is 11.1 Å². The summed E-state index contributed by atoms with van der Waals surface area (Å²) < 4.78 is 42.9. The van der Waals surface area contributed by atoms with Crippen LogP contribution in [-0.2, 0) is 6.18 Å². The van der Waals surface area contributed by atoms with Crippen molar-refractivity contribution in [3.8, 4) is 5.88 Å². The lowest BCUT2D eigenvalue weighted by atomic mass is 10.1. The number of para-hydroxylation sites is 1. The van der Waals surface area contributed by atoms with Crippen molar-refractivity contribution in [2.75, 3.05) is 18.4 Å². The van der Waals surface area contributed by atoms with Gasteiger partial charge in [0.2, 0.25) is 5.88 Å². The maximum atomic E-state index is 12.5. The van der Waals surface area contributed by atoms with E-state index in [1.165, 1.54) is 6.07 Å². The number of aromatic nitrogens is 1. The third kappa shape index (κ3) is 4.01. The molecule has 1 fully saturated rings. The summed E-state index contributed by atoms with van der Waals surface area (Å²) in [6, 6.07) is 9.29. The third-order valence-electron chi connectivity index (χ3n) is 3.87. The maximum absolute atomic E-state index is 12.5. The van der Waals surface area contributed by atoms with Crippen LogP contribution in [0.4, 0.5) is 23.7 Å². The molecule has 0 atom stereocenters. The number of hydrogen-bond donors (Lipinski definition) is 1. The van der Waals surface area contributed by atoms with Crippen LogP contribution in [0, 0.1) is 6.92 Å². The standard InChI is InChI=1S/C17H16F3N3O2/c1-11-4-2-3-5-14(11)22-16(24)23-9-13(10-23)25-15-7-6-12(8-21-15)17(18,19)20/h2-8,13H,9-10H2,1H3,(H,22,24). The third-order valence-corrected chi connectivity index (χ3v) is 3.87. The molecule has 0 unspecified atom stereocenters. The van der Waals surface area contributed by atoms with E-state index in [-0.39, 0.29) is 18.0 Å². The summed E-state index contributed by atoms with van der Waals surface area (Å²) >= 11 is 0. The second kappa shape index (κ2) is 6.62. The van der Waals surface area contributed by atoms with E-state index in [0.29, 0.717) is 13.1 Å². The highest BCUT2D eigenvalue weighted by molar-refractivity contribution is 5.90. The first-order valence-corrected chi connectivity index (χ1v) is 7.64. The average molecular weight is 351 g/mol. The van der Waals surface area contributed by atoms with E-state index in [1.807, 2.05) is 31.2 Å². The molecule has 1 aliphatic rings. The molecular weight excluding hydrogens is 335 g/mol. The fourth-order valence-electron chi connectivity index (χ4n) is 2.37. The van der Waals surface area contributed by atoms with Gasteiger partial charge in [-0.05, 0) is 24.6 Å². The Bertz CT molecular complexity index is 756. The van der Waals surface area contributed by atoms with Crippen molar-refractivity contribution in [1.29, 1.82) is 0 Å². The number of halogens is 3. The van der Waals surface area contributed by atoms with E-state index in [2.05, 4.69) is 10.3 Å². The molecule has 5 nitrogen and oxygen atoms in total. The lowest BCUT2D eigenvalue weighted by molar-refractivity contribution is -0.137. The van der Waals surface area contributed by atoms with Gasteiger partial charge in [-0.1, -0.05) is 18.2 Å². The number of likely N-dealkylation sites (tertiary alicyclic amines) is 1. The first kappa shape index (κ1) is 17.1. The van der Waals surface area contributed by atoms with Crippen LogP contribution in [0.5, 0.6) is 5.88 Å². The van der Waals surface area contributed by atoms with Crippen molar-refractivity contribution in [1.82, 2.24) is 9.88 Å². The topological polar surface area (TPSA) is 54.5 Å². The van der Waals surface area contributed by atoms with Gasteiger partial charge < -0.3 is 15.0 Å². The number of benzene rings is 1. The predicted molar refractivity (Wildman–Crippen MR) is 85.4 cm³/mol. The van der Waals surface area contributed by atoms with Crippen molar-refractivity contribution < 1.29 is 22.7 Å². The quantitative estimate of drug-likeness (QED) is 0.917. The van der Waals surface area contributed by atoms with Crippen LogP contribution in [-0.4, -0.2) is 35.1 Å². The van der Waals surface area contributed by atoms with Gasteiger partial charge in [-0.3, -0.25) is 0 Å². The Labute approximate surface area is 142 Å². The minimum atomic E-state index is -4.42. The molecule has 0 aliphatic carbocycles. The number of anilines is 1. The lowest BCUT2D eigenvalue weighted by Crippen LogP contribution is -2.57. The molecule has 3 rings (SSSR count). The molecule has 2 amide bonds. The number of aryl methyl sites for hydroxylation is 1. The summed E-state index contributed by atoms with van der Waals surface area (Å²) in [5, 5.41) is 2.81. The molecule has 0 bridgehead atoms. The van der Waals surface area contributed by atoms with Gasteiger partial charge in [0.25, 0.3) is 0 Å². The highest BCUT2D eigenvalue weighted by Crippen LogP contribution is 2.29. The van der Waals surface area contributed by atoms with Gasteiger partial charge in [0.15, 0.2) is 0 Å². The Morgan fingerprint density at radius 3 is 2.56 bits per heavy atom. The van der Waals surface area contributed by atoms with Gasteiger partial charge in [-0.2, -0.15) is 13.2 Å². The molecule has 25 heavy (non-hydrogen) atoms. The normalized spacial score (nSPS) is 14.8. The number of carbonyl (C=O) groups excluding carboxylic acids is 1. The average Bonchev–Trinajstić information content (AvgIpc) is 2.52. The second-order valence-corrected chi connectivity index (χ2v) is 5.77. The summed E-state index contributed by atoms with van der Waals surface area (Å²) in [4.78, 5) is 17.3. The van der Waals surface area contributed by atoms with Crippen molar-refractivity contribution in [3.05, 3.63) is 53.7 Å². The van der Waals surface area contributed by atoms with Gasteiger partial charge >= 0.3 is 12.2 Å². The van der Waals surface area contributed by atoms with E-state index in [9.17, 15) is 18.0 Å². The molecule has 8 heteroatoms. The summed E-state index contributed by atoms with van der Waals surface area (Å²) in [6.45, 7) is 2.59. The Hall–Kier alpha value is -2.77. The summed E-state index contributed by atoms with van der Waals surface area (Å²) in [5.41, 5.74) is 0.868. The number of nitrogens with one attached hydrogen (secondary N) is 1. The number of rotatable bonds is 3. The van der Waals surface area contributed by atoms with Crippen LogP contribution in [0.15, 0.2) is 42.6 Å². The molecule has 1 aromatic heterocycles. The zero-order valence-electron chi connectivity index (χ0n) is 13.4. The number of ether oxygens (including phenoxy) is 1. The van der Waals surface area contributed by atoms with Crippen LogP contribution in [0.3, 0.4) is 0 Å². The Morgan fingerprint density at radius 1 is 1.24 bits per heavy atom. The smallest absolute Gasteiger partial charge is 0.417 e. The van der Waals surface area contributed by atoms with E-state index in [0.717, 1.165) is 23.5 Å². The van der Waals surface area contributed by atoms with E-state index >= 15 is 0 Å². The zero-order valence-corrected chi connectivity index (χ0v) is 13.4. The van der Waals surface area contributed by atoms with Crippen LogP contribution in [0.2, 0.25) is 0 Å².